The van der Waals surface area contributed by atoms with E-state index in [-0.39, 0.29) is 11.9 Å². The van der Waals surface area contributed by atoms with Crippen molar-refractivity contribution < 1.29 is 5.11 Å². The first-order valence-corrected chi connectivity index (χ1v) is 5.88. The summed E-state index contributed by atoms with van der Waals surface area (Å²) in [7, 11) is 0. The fourth-order valence-corrected chi connectivity index (χ4v) is 2.27. The molecule has 0 aliphatic carbocycles. The van der Waals surface area contributed by atoms with Crippen LogP contribution in [0.3, 0.4) is 0 Å². The molecule has 2 nitrogen and oxygen atoms in total. The third-order valence-electron chi connectivity index (χ3n) is 1.84. The van der Waals surface area contributed by atoms with Gasteiger partial charge in [-0.25, -0.2) is 0 Å². The molecular formula is C10H14ClNOS. The molecule has 4 heteroatoms. The number of hydrogen-bond acceptors (Lipinski definition) is 3. The molecule has 0 radical (unpaired) electrons. The van der Waals surface area contributed by atoms with Crippen molar-refractivity contribution >= 4 is 23.4 Å². The average Bonchev–Trinajstić information content (AvgIpc) is 2.19. The quantitative estimate of drug-likeness (QED) is 0.816. The molecule has 1 atom stereocenters. The highest BCUT2D eigenvalue weighted by Gasteiger charge is 2.09. The van der Waals surface area contributed by atoms with Gasteiger partial charge in [0.25, 0.3) is 0 Å². The van der Waals surface area contributed by atoms with Crippen LogP contribution < -0.4 is 5.73 Å². The van der Waals surface area contributed by atoms with E-state index < -0.39 is 0 Å². The van der Waals surface area contributed by atoms with Crippen molar-refractivity contribution in [2.75, 3.05) is 18.9 Å². The molecular weight excluding hydrogens is 218 g/mol. The maximum atomic E-state index is 8.72. The van der Waals surface area contributed by atoms with Crippen LogP contribution in [0, 0.1) is 0 Å². The first kappa shape index (κ1) is 11.9. The highest BCUT2D eigenvalue weighted by molar-refractivity contribution is 7.99. The van der Waals surface area contributed by atoms with E-state index in [1.54, 1.807) is 11.8 Å². The summed E-state index contributed by atoms with van der Waals surface area (Å²) in [5.41, 5.74) is 6.77. The molecule has 1 rings (SSSR count). The van der Waals surface area contributed by atoms with Gasteiger partial charge in [0.15, 0.2) is 0 Å². The highest BCUT2D eigenvalue weighted by atomic mass is 35.5. The number of benzene rings is 1. The van der Waals surface area contributed by atoms with E-state index in [9.17, 15) is 0 Å². The molecule has 1 aromatic carbocycles. The predicted octanol–water partition coefficient (Wildman–Crippen LogP) is 2.07. The van der Waals surface area contributed by atoms with Crippen LogP contribution in [-0.4, -0.2) is 24.0 Å². The number of hydrogen-bond donors (Lipinski definition) is 2. The molecule has 0 saturated heterocycles. The Morgan fingerprint density at radius 1 is 1.50 bits per heavy atom. The maximum absolute atomic E-state index is 8.72. The van der Waals surface area contributed by atoms with E-state index in [0.29, 0.717) is 12.3 Å². The van der Waals surface area contributed by atoms with Crippen LogP contribution in [0.4, 0.5) is 0 Å². The monoisotopic (exact) mass is 231 g/mol. The molecule has 0 amide bonds. The van der Waals surface area contributed by atoms with Crippen molar-refractivity contribution in [1.82, 2.24) is 0 Å². The number of halogens is 1. The summed E-state index contributed by atoms with van der Waals surface area (Å²) < 4.78 is 0. The molecule has 3 N–H and O–H groups in total. The van der Waals surface area contributed by atoms with Crippen molar-refractivity contribution in [3.8, 4) is 0 Å². The minimum atomic E-state index is 0.182. The van der Waals surface area contributed by atoms with Gasteiger partial charge in [0.2, 0.25) is 0 Å². The number of aliphatic hydroxyl groups is 1. The zero-order chi connectivity index (χ0) is 10.4. The largest absolute Gasteiger partial charge is 0.396 e. The third kappa shape index (κ3) is 3.50. The summed E-state index contributed by atoms with van der Waals surface area (Å²) in [6.45, 7) is 0.743. The summed E-state index contributed by atoms with van der Waals surface area (Å²) in [5, 5.41) is 9.67. The van der Waals surface area contributed by atoms with Crippen molar-refractivity contribution in [3.63, 3.8) is 0 Å². The van der Waals surface area contributed by atoms with Gasteiger partial charge >= 0.3 is 0 Å². The molecule has 78 valence electrons. The van der Waals surface area contributed by atoms with Gasteiger partial charge in [-0.05, 0) is 17.7 Å². The number of rotatable bonds is 5. The Bertz CT molecular complexity index is 283. The van der Waals surface area contributed by atoms with E-state index in [1.165, 1.54) is 0 Å². The topological polar surface area (TPSA) is 46.2 Å². The molecule has 1 unspecified atom stereocenters. The molecule has 0 aromatic heterocycles. The Kier molecular flexibility index (Phi) is 5.33. The molecule has 0 saturated carbocycles. The third-order valence-corrected chi connectivity index (χ3v) is 3.37. The molecule has 0 spiro atoms. The van der Waals surface area contributed by atoms with Crippen molar-refractivity contribution in [2.45, 2.75) is 5.25 Å². The van der Waals surface area contributed by atoms with Gasteiger partial charge in [-0.3, -0.25) is 0 Å². The van der Waals surface area contributed by atoms with E-state index in [4.69, 9.17) is 22.4 Å². The Labute approximate surface area is 93.5 Å². The molecule has 1 aromatic rings. The maximum Gasteiger partial charge on any atom is 0.0521 e. The zero-order valence-corrected chi connectivity index (χ0v) is 9.39. The van der Waals surface area contributed by atoms with Gasteiger partial charge in [-0.1, -0.05) is 23.7 Å². The lowest BCUT2D eigenvalue weighted by Crippen LogP contribution is -2.10. The second kappa shape index (κ2) is 6.30. The second-order valence-corrected chi connectivity index (χ2v) is 4.62. The van der Waals surface area contributed by atoms with Crippen molar-refractivity contribution in [2.24, 2.45) is 5.73 Å². The Morgan fingerprint density at radius 3 is 2.86 bits per heavy atom. The van der Waals surface area contributed by atoms with E-state index in [0.717, 1.165) is 10.6 Å². The van der Waals surface area contributed by atoms with Crippen LogP contribution >= 0.6 is 23.4 Å². The smallest absolute Gasteiger partial charge is 0.0521 e. The van der Waals surface area contributed by atoms with E-state index in [1.807, 2.05) is 24.3 Å². The van der Waals surface area contributed by atoms with Gasteiger partial charge in [0.05, 0.1) is 6.61 Å². The van der Waals surface area contributed by atoms with E-state index >= 15 is 0 Å². The number of aliphatic hydroxyl groups excluding tert-OH is 1. The molecule has 0 bridgehead atoms. The highest BCUT2D eigenvalue weighted by Crippen LogP contribution is 2.28. The minimum absolute atomic E-state index is 0.182. The van der Waals surface area contributed by atoms with Crippen LogP contribution in [0.25, 0.3) is 0 Å². The number of nitrogens with two attached hydrogens (primary N) is 1. The fraction of sp³-hybridized carbons (Fsp3) is 0.400. The van der Waals surface area contributed by atoms with Crippen LogP contribution in [0.5, 0.6) is 0 Å². The van der Waals surface area contributed by atoms with Crippen LogP contribution in [0.1, 0.15) is 10.8 Å². The molecule has 0 aliphatic rings. The van der Waals surface area contributed by atoms with Gasteiger partial charge in [0.1, 0.15) is 0 Å². The molecule has 0 aliphatic heterocycles. The summed E-state index contributed by atoms with van der Waals surface area (Å²) >= 11 is 7.53. The van der Waals surface area contributed by atoms with Crippen molar-refractivity contribution in [1.29, 1.82) is 0 Å². The average molecular weight is 232 g/mol. The normalized spacial score (nSPS) is 12.8. The van der Waals surface area contributed by atoms with Crippen LogP contribution in [-0.2, 0) is 0 Å². The van der Waals surface area contributed by atoms with Crippen LogP contribution in [0.2, 0.25) is 5.02 Å². The van der Waals surface area contributed by atoms with E-state index in [2.05, 4.69) is 0 Å². The lowest BCUT2D eigenvalue weighted by molar-refractivity contribution is 0.322. The minimum Gasteiger partial charge on any atom is -0.396 e. The van der Waals surface area contributed by atoms with Gasteiger partial charge in [-0.15, -0.1) is 0 Å². The number of thioether (sulfide) groups is 1. The lowest BCUT2D eigenvalue weighted by Gasteiger charge is -2.14. The standard InChI is InChI=1S/C10H14ClNOS/c11-9-3-1-2-8(6-9)10(7-12)14-5-4-13/h1-3,6,10,13H,4-5,7,12H2. The van der Waals surface area contributed by atoms with Gasteiger partial charge in [-0.2, -0.15) is 11.8 Å². The van der Waals surface area contributed by atoms with Crippen LogP contribution in [0.15, 0.2) is 24.3 Å². The lowest BCUT2D eigenvalue weighted by atomic mass is 10.1. The molecule has 0 fully saturated rings. The fourth-order valence-electron chi connectivity index (χ4n) is 1.20. The molecule has 14 heavy (non-hydrogen) atoms. The Balaban J connectivity index is 2.68. The summed E-state index contributed by atoms with van der Waals surface area (Å²) in [4.78, 5) is 0. The van der Waals surface area contributed by atoms with Gasteiger partial charge in [0, 0.05) is 22.6 Å². The Morgan fingerprint density at radius 2 is 2.29 bits per heavy atom. The summed E-state index contributed by atoms with van der Waals surface area (Å²) in [5.74, 6) is 0.703. The summed E-state index contributed by atoms with van der Waals surface area (Å²) in [6.07, 6.45) is 0. The van der Waals surface area contributed by atoms with Crippen molar-refractivity contribution in [3.05, 3.63) is 34.9 Å². The zero-order valence-electron chi connectivity index (χ0n) is 7.82. The SMILES string of the molecule is NCC(SCCO)c1cccc(Cl)c1. The second-order valence-electron chi connectivity index (χ2n) is 2.87. The van der Waals surface area contributed by atoms with Gasteiger partial charge < -0.3 is 10.8 Å². The summed E-state index contributed by atoms with van der Waals surface area (Å²) in [6, 6.07) is 7.69. The Hall–Kier alpha value is -0.220. The first-order chi connectivity index (χ1) is 6.77. The first-order valence-electron chi connectivity index (χ1n) is 4.46. The molecule has 0 heterocycles. The predicted molar refractivity (Wildman–Crippen MR) is 62.8 cm³/mol.